The van der Waals surface area contributed by atoms with Crippen molar-refractivity contribution < 1.29 is 0 Å². The van der Waals surface area contributed by atoms with Gasteiger partial charge in [0, 0.05) is 33.4 Å². The number of hydrogen-bond donors (Lipinski definition) is 0. The summed E-state index contributed by atoms with van der Waals surface area (Å²) in [5.74, 6) is 3.66. The van der Waals surface area contributed by atoms with Crippen LogP contribution in [0.1, 0.15) is 0 Å². The van der Waals surface area contributed by atoms with Gasteiger partial charge in [0.2, 0.25) is 0 Å². The molecular weight excluding hydrogens is 733 g/mol. The number of benzene rings is 8. The molecule has 2 aromatic heterocycles. The molecule has 0 aliphatic heterocycles. The second kappa shape index (κ2) is 16.3. The van der Waals surface area contributed by atoms with Gasteiger partial charge in [0.05, 0.1) is 0 Å². The quantitative estimate of drug-likeness (QED) is 0.145. The molecule has 282 valence electrons. The van der Waals surface area contributed by atoms with Crippen molar-refractivity contribution in [3.05, 3.63) is 218 Å². The van der Waals surface area contributed by atoms with Gasteiger partial charge in [0.1, 0.15) is 0 Å². The summed E-state index contributed by atoms with van der Waals surface area (Å²) in [6.07, 6.45) is 0. The van der Waals surface area contributed by atoms with E-state index in [0.29, 0.717) is 34.9 Å². The third-order valence-corrected chi connectivity index (χ3v) is 10.4. The highest BCUT2D eigenvalue weighted by atomic mass is 15.0. The van der Waals surface area contributed by atoms with Crippen LogP contribution in [0.25, 0.3) is 102 Å². The highest BCUT2D eigenvalue weighted by molar-refractivity contribution is 5.77. The van der Waals surface area contributed by atoms with Gasteiger partial charge in [-0.1, -0.05) is 206 Å². The van der Waals surface area contributed by atoms with E-state index in [1.165, 1.54) is 11.1 Å². The Kier molecular flexibility index (Phi) is 9.84. The van der Waals surface area contributed by atoms with Crippen molar-refractivity contribution in [1.82, 2.24) is 29.9 Å². The summed E-state index contributed by atoms with van der Waals surface area (Å²) >= 11 is 0. The minimum absolute atomic E-state index is 0.593. The van der Waals surface area contributed by atoms with E-state index < -0.39 is 0 Å². The Labute approximate surface area is 348 Å². The van der Waals surface area contributed by atoms with Crippen LogP contribution in [0.4, 0.5) is 0 Å². The zero-order valence-corrected chi connectivity index (χ0v) is 32.5. The Balaban J connectivity index is 0.994. The van der Waals surface area contributed by atoms with Crippen molar-refractivity contribution >= 4 is 0 Å². The van der Waals surface area contributed by atoms with E-state index >= 15 is 0 Å². The molecule has 0 atom stereocenters. The van der Waals surface area contributed by atoms with Crippen molar-refractivity contribution in [3.63, 3.8) is 0 Å². The maximum Gasteiger partial charge on any atom is 0.164 e. The van der Waals surface area contributed by atoms with Crippen LogP contribution < -0.4 is 0 Å². The first kappa shape index (κ1) is 36.1. The van der Waals surface area contributed by atoms with Crippen molar-refractivity contribution in [2.45, 2.75) is 0 Å². The summed E-state index contributed by atoms with van der Waals surface area (Å²) in [5, 5.41) is 0. The molecule has 0 aliphatic rings. The molecular formula is C54H36N6. The molecule has 10 aromatic rings. The molecule has 6 heteroatoms. The van der Waals surface area contributed by atoms with E-state index in [2.05, 4.69) is 97.1 Å². The normalized spacial score (nSPS) is 11.0. The molecule has 0 bridgehead atoms. The van der Waals surface area contributed by atoms with Crippen LogP contribution in [0, 0.1) is 0 Å². The Morgan fingerprint density at radius 1 is 0.150 bits per heavy atom. The summed E-state index contributed by atoms with van der Waals surface area (Å²) in [5.41, 5.74) is 12.1. The van der Waals surface area contributed by atoms with Crippen molar-refractivity contribution in [2.75, 3.05) is 0 Å². The summed E-state index contributed by atoms with van der Waals surface area (Å²) in [6.45, 7) is 0. The fourth-order valence-corrected chi connectivity index (χ4v) is 7.26. The smallest absolute Gasteiger partial charge is 0.164 e. The first-order valence-corrected chi connectivity index (χ1v) is 19.9. The van der Waals surface area contributed by atoms with Gasteiger partial charge in [0.25, 0.3) is 0 Å². The lowest BCUT2D eigenvalue weighted by molar-refractivity contribution is 1.07. The van der Waals surface area contributed by atoms with Crippen LogP contribution in [0.15, 0.2) is 218 Å². The fourth-order valence-electron chi connectivity index (χ4n) is 7.26. The average molecular weight is 769 g/mol. The minimum Gasteiger partial charge on any atom is -0.208 e. The van der Waals surface area contributed by atoms with Crippen LogP contribution in [0.2, 0.25) is 0 Å². The van der Waals surface area contributed by atoms with Crippen LogP contribution in [0.3, 0.4) is 0 Å². The first-order chi connectivity index (χ1) is 29.7. The molecule has 0 aliphatic carbocycles. The van der Waals surface area contributed by atoms with E-state index in [1.54, 1.807) is 0 Å². The van der Waals surface area contributed by atoms with Gasteiger partial charge < -0.3 is 0 Å². The molecule has 0 amide bonds. The third-order valence-electron chi connectivity index (χ3n) is 10.4. The maximum atomic E-state index is 5.07. The fraction of sp³-hybridized carbons (Fsp3) is 0. The molecule has 8 aromatic carbocycles. The first-order valence-electron chi connectivity index (χ1n) is 19.9. The lowest BCUT2D eigenvalue weighted by Gasteiger charge is -2.11. The third kappa shape index (κ3) is 7.73. The monoisotopic (exact) mass is 768 g/mol. The topological polar surface area (TPSA) is 77.3 Å². The van der Waals surface area contributed by atoms with Crippen molar-refractivity contribution in [2.24, 2.45) is 0 Å². The van der Waals surface area contributed by atoms with E-state index in [0.717, 1.165) is 55.6 Å². The highest BCUT2D eigenvalue weighted by Crippen LogP contribution is 2.32. The Morgan fingerprint density at radius 2 is 0.350 bits per heavy atom. The number of aromatic nitrogens is 6. The Morgan fingerprint density at radius 3 is 0.667 bits per heavy atom. The summed E-state index contributed by atoms with van der Waals surface area (Å²) in [6, 6.07) is 74.3. The Bertz CT molecular complexity index is 2990. The van der Waals surface area contributed by atoms with Gasteiger partial charge in [-0.25, -0.2) is 29.9 Å². The second-order valence-corrected chi connectivity index (χ2v) is 14.4. The van der Waals surface area contributed by atoms with E-state index in [4.69, 9.17) is 29.9 Å². The minimum atomic E-state index is 0.593. The van der Waals surface area contributed by atoms with E-state index in [9.17, 15) is 0 Å². The molecule has 60 heavy (non-hydrogen) atoms. The number of hydrogen-bond acceptors (Lipinski definition) is 6. The van der Waals surface area contributed by atoms with Gasteiger partial charge in [-0.2, -0.15) is 0 Å². The maximum absolute atomic E-state index is 5.07. The van der Waals surface area contributed by atoms with Gasteiger partial charge >= 0.3 is 0 Å². The average Bonchev–Trinajstić information content (AvgIpc) is 3.35. The molecule has 0 saturated heterocycles. The largest absolute Gasteiger partial charge is 0.208 e. The molecule has 6 nitrogen and oxygen atoms in total. The molecule has 0 radical (unpaired) electrons. The summed E-state index contributed by atoms with van der Waals surface area (Å²) in [7, 11) is 0. The van der Waals surface area contributed by atoms with Crippen molar-refractivity contribution in [3.8, 4) is 102 Å². The lowest BCUT2D eigenvalue weighted by Crippen LogP contribution is -2.00. The van der Waals surface area contributed by atoms with Gasteiger partial charge in [0.15, 0.2) is 34.9 Å². The predicted molar refractivity (Wildman–Crippen MR) is 242 cm³/mol. The number of nitrogens with zero attached hydrogens (tertiary/aromatic N) is 6. The molecule has 2 heterocycles. The lowest BCUT2D eigenvalue weighted by atomic mass is 9.99. The van der Waals surface area contributed by atoms with Gasteiger partial charge in [-0.15, -0.1) is 0 Å². The zero-order chi connectivity index (χ0) is 40.1. The standard InChI is InChI=1S/C54H36N6/c1-5-15-37(16-6-1)38-27-29-39(30-28-38)40-31-33-44(34-32-40)52-56-51(43-21-11-4-12-22-43)59-54(60-52)48-26-14-24-46(36-48)45-23-13-25-47(35-45)53-57-49(41-17-7-2-8-18-41)55-50(58-53)42-19-9-3-10-20-42/h1-36H. The molecule has 0 saturated carbocycles. The predicted octanol–water partition coefficient (Wildman–Crippen LogP) is 13.1. The summed E-state index contributed by atoms with van der Waals surface area (Å²) in [4.78, 5) is 29.9. The van der Waals surface area contributed by atoms with Crippen LogP contribution in [-0.4, -0.2) is 29.9 Å². The molecule has 0 spiro atoms. The van der Waals surface area contributed by atoms with Crippen LogP contribution >= 0.6 is 0 Å². The Hall–Kier alpha value is -8.22. The molecule has 0 fully saturated rings. The van der Waals surface area contributed by atoms with E-state index in [-0.39, 0.29) is 0 Å². The zero-order valence-electron chi connectivity index (χ0n) is 32.5. The second-order valence-electron chi connectivity index (χ2n) is 14.4. The van der Waals surface area contributed by atoms with E-state index in [1.807, 2.05) is 121 Å². The molecule has 0 unspecified atom stereocenters. The summed E-state index contributed by atoms with van der Waals surface area (Å²) < 4.78 is 0. The van der Waals surface area contributed by atoms with Gasteiger partial charge in [-0.3, -0.25) is 0 Å². The molecule has 10 rings (SSSR count). The SMILES string of the molecule is c1ccc(-c2ccc(-c3ccc(-c4nc(-c5ccccc5)nc(-c5cccc(-c6cccc(-c7nc(-c8ccccc8)nc(-c8ccccc8)n7)c6)c5)n4)cc3)cc2)cc1. The van der Waals surface area contributed by atoms with Crippen LogP contribution in [0.5, 0.6) is 0 Å². The van der Waals surface area contributed by atoms with Gasteiger partial charge in [-0.05, 0) is 45.5 Å². The number of rotatable bonds is 9. The highest BCUT2D eigenvalue weighted by Gasteiger charge is 2.16. The molecule has 0 N–H and O–H groups in total. The van der Waals surface area contributed by atoms with Crippen molar-refractivity contribution in [1.29, 1.82) is 0 Å². The van der Waals surface area contributed by atoms with Crippen LogP contribution in [-0.2, 0) is 0 Å².